The molecule has 0 saturated carbocycles. The van der Waals surface area contributed by atoms with E-state index in [1.54, 1.807) is 12.1 Å². The number of ether oxygens (including phenoxy) is 2. The van der Waals surface area contributed by atoms with Crippen molar-refractivity contribution in [3.05, 3.63) is 53.1 Å². The van der Waals surface area contributed by atoms with E-state index < -0.39 is 17.6 Å². The SMILES string of the molecule is COc1cc2c(cc1OC)[C@@H](O)[C@]1(CC(c3ccc(C)cc3)=NO1)C(=O)N2. The number of amides is 1. The van der Waals surface area contributed by atoms with Crippen molar-refractivity contribution in [2.24, 2.45) is 5.16 Å². The van der Waals surface area contributed by atoms with Crippen LogP contribution in [0.5, 0.6) is 11.5 Å². The minimum Gasteiger partial charge on any atom is -0.493 e. The maximum absolute atomic E-state index is 12.8. The molecule has 4 rings (SSSR count). The molecule has 2 aliphatic heterocycles. The third-order valence-electron chi connectivity index (χ3n) is 5.06. The summed E-state index contributed by atoms with van der Waals surface area (Å²) < 4.78 is 10.6. The molecule has 2 aromatic carbocycles. The number of nitrogens with zero attached hydrogens (tertiary/aromatic N) is 1. The van der Waals surface area contributed by atoms with Gasteiger partial charge in [0.15, 0.2) is 11.5 Å². The summed E-state index contributed by atoms with van der Waals surface area (Å²) in [4.78, 5) is 18.4. The Morgan fingerprint density at radius 3 is 2.52 bits per heavy atom. The second-order valence-corrected chi connectivity index (χ2v) is 6.71. The van der Waals surface area contributed by atoms with Crippen molar-refractivity contribution in [2.75, 3.05) is 19.5 Å². The van der Waals surface area contributed by atoms with E-state index in [2.05, 4.69) is 10.5 Å². The van der Waals surface area contributed by atoms with Crippen molar-refractivity contribution in [1.29, 1.82) is 0 Å². The molecule has 0 saturated heterocycles. The summed E-state index contributed by atoms with van der Waals surface area (Å²) in [6, 6.07) is 11.0. The van der Waals surface area contributed by atoms with Crippen LogP contribution in [0.2, 0.25) is 0 Å². The number of oxime groups is 1. The first-order chi connectivity index (χ1) is 13.0. The average Bonchev–Trinajstić information content (AvgIpc) is 3.13. The highest BCUT2D eigenvalue weighted by molar-refractivity contribution is 6.10. The number of carbonyl (C=O) groups excluding carboxylic acids is 1. The van der Waals surface area contributed by atoms with Gasteiger partial charge in [0, 0.05) is 18.1 Å². The molecule has 0 aromatic heterocycles. The van der Waals surface area contributed by atoms with Gasteiger partial charge in [-0.05, 0) is 18.6 Å². The van der Waals surface area contributed by atoms with Crippen LogP contribution in [0.3, 0.4) is 0 Å². The summed E-state index contributed by atoms with van der Waals surface area (Å²) in [6.45, 7) is 2.00. The minimum atomic E-state index is -1.51. The number of hydrogen-bond acceptors (Lipinski definition) is 6. The second kappa shape index (κ2) is 6.28. The van der Waals surface area contributed by atoms with Crippen LogP contribution in [-0.2, 0) is 9.63 Å². The number of carbonyl (C=O) groups is 1. The second-order valence-electron chi connectivity index (χ2n) is 6.71. The smallest absolute Gasteiger partial charge is 0.275 e. The number of hydrogen-bond donors (Lipinski definition) is 2. The van der Waals surface area contributed by atoms with E-state index in [-0.39, 0.29) is 6.42 Å². The van der Waals surface area contributed by atoms with E-state index in [1.165, 1.54) is 14.2 Å². The third kappa shape index (κ3) is 2.62. The molecule has 1 spiro atoms. The van der Waals surface area contributed by atoms with Gasteiger partial charge < -0.3 is 24.7 Å². The number of methoxy groups -OCH3 is 2. The van der Waals surface area contributed by atoms with Crippen LogP contribution in [0.15, 0.2) is 41.6 Å². The number of benzene rings is 2. The van der Waals surface area contributed by atoms with Gasteiger partial charge in [0.1, 0.15) is 6.10 Å². The van der Waals surface area contributed by atoms with Crippen molar-refractivity contribution in [1.82, 2.24) is 0 Å². The van der Waals surface area contributed by atoms with Gasteiger partial charge in [-0.25, -0.2) is 0 Å². The van der Waals surface area contributed by atoms with E-state index in [4.69, 9.17) is 14.3 Å². The van der Waals surface area contributed by atoms with Crippen molar-refractivity contribution < 1.29 is 24.2 Å². The quantitative estimate of drug-likeness (QED) is 0.869. The van der Waals surface area contributed by atoms with Crippen LogP contribution in [-0.4, -0.2) is 36.5 Å². The van der Waals surface area contributed by atoms with Crippen LogP contribution in [0.25, 0.3) is 0 Å². The summed E-state index contributed by atoms with van der Waals surface area (Å²) in [5.41, 5.74) is 2.05. The van der Waals surface area contributed by atoms with Crippen LogP contribution in [0.1, 0.15) is 29.2 Å². The number of aliphatic hydroxyl groups is 1. The highest BCUT2D eigenvalue weighted by atomic mass is 16.7. The predicted octanol–water partition coefficient (Wildman–Crippen LogP) is 2.56. The lowest BCUT2D eigenvalue weighted by atomic mass is 9.81. The van der Waals surface area contributed by atoms with Crippen molar-refractivity contribution in [2.45, 2.75) is 25.0 Å². The first kappa shape index (κ1) is 17.4. The Morgan fingerprint density at radius 1 is 1.19 bits per heavy atom. The van der Waals surface area contributed by atoms with Crippen molar-refractivity contribution >= 4 is 17.3 Å². The Hall–Kier alpha value is -3.06. The van der Waals surface area contributed by atoms with E-state index in [0.29, 0.717) is 28.5 Å². The van der Waals surface area contributed by atoms with E-state index in [9.17, 15) is 9.90 Å². The molecule has 1 amide bonds. The molecule has 140 valence electrons. The fourth-order valence-corrected chi connectivity index (χ4v) is 3.45. The zero-order chi connectivity index (χ0) is 19.2. The molecule has 0 bridgehead atoms. The van der Waals surface area contributed by atoms with Gasteiger partial charge in [0.2, 0.25) is 0 Å². The number of anilines is 1. The van der Waals surface area contributed by atoms with E-state index >= 15 is 0 Å². The monoisotopic (exact) mass is 368 g/mol. The molecule has 2 aliphatic rings. The topological polar surface area (TPSA) is 89.4 Å². The molecule has 2 heterocycles. The van der Waals surface area contributed by atoms with E-state index in [1.807, 2.05) is 31.2 Å². The first-order valence-electron chi connectivity index (χ1n) is 8.56. The third-order valence-corrected chi connectivity index (χ3v) is 5.06. The largest absolute Gasteiger partial charge is 0.493 e. The first-order valence-corrected chi connectivity index (χ1v) is 8.56. The Labute approximate surface area is 156 Å². The van der Waals surface area contributed by atoms with Gasteiger partial charge in [-0.1, -0.05) is 35.0 Å². The van der Waals surface area contributed by atoms with E-state index in [0.717, 1.165) is 11.1 Å². The molecule has 2 N–H and O–H groups in total. The summed E-state index contributed by atoms with van der Waals surface area (Å²) in [6.07, 6.45) is -1.04. The maximum atomic E-state index is 12.8. The number of nitrogens with one attached hydrogen (secondary N) is 1. The Kier molecular flexibility index (Phi) is 4.04. The van der Waals surface area contributed by atoms with Gasteiger partial charge in [-0.15, -0.1) is 0 Å². The molecule has 0 aliphatic carbocycles. The summed E-state index contributed by atoms with van der Waals surface area (Å²) >= 11 is 0. The molecule has 0 fully saturated rings. The lowest BCUT2D eigenvalue weighted by Gasteiger charge is -2.36. The molecule has 0 radical (unpaired) electrons. The van der Waals surface area contributed by atoms with Crippen LogP contribution in [0.4, 0.5) is 5.69 Å². The van der Waals surface area contributed by atoms with Gasteiger partial charge in [-0.2, -0.15) is 0 Å². The fraction of sp³-hybridized carbons (Fsp3) is 0.300. The molecule has 7 heteroatoms. The molecule has 2 aromatic rings. The predicted molar refractivity (Wildman–Crippen MR) is 99.3 cm³/mol. The minimum absolute atomic E-state index is 0.164. The van der Waals surface area contributed by atoms with Crippen molar-refractivity contribution in [3.63, 3.8) is 0 Å². The average molecular weight is 368 g/mol. The molecular formula is C20H20N2O5. The summed E-state index contributed by atoms with van der Waals surface area (Å²) in [5.74, 6) is 0.475. The fourth-order valence-electron chi connectivity index (χ4n) is 3.45. The number of rotatable bonds is 3. The molecule has 27 heavy (non-hydrogen) atoms. The highest BCUT2D eigenvalue weighted by Crippen LogP contribution is 2.47. The van der Waals surface area contributed by atoms with Crippen LogP contribution >= 0.6 is 0 Å². The highest BCUT2D eigenvalue weighted by Gasteiger charge is 2.56. The molecule has 2 atom stereocenters. The zero-order valence-electron chi connectivity index (χ0n) is 15.3. The number of aliphatic hydroxyl groups excluding tert-OH is 1. The van der Waals surface area contributed by atoms with Crippen LogP contribution in [0, 0.1) is 6.92 Å². The maximum Gasteiger partial charge on any atom is 0.275 e. The molecule has 0 unspecified atom stereocenters. The van der Waals surface area contributed by atoms with Crippen molar-refractivity contribution in [3.8, 4) is 11.5 Å². The van der Waals surface area contributed by atoms with Crippen LogP contribution < -0.4 is 14.8 Å². The standard InChI is InChI=1S/C20H20N2O5/c1-11-4-6-12(7-5-11)15-10-20(27-22-15)18(23)13-8-16(25-2)17(26-3)9-14(13)21-19(20)24/h4-9,18,23H,10H2,1-3H3,(H,21,24)/t18-,20-/m1/s1. The van der Waals surface area contributed by atoms with Gasteiger partial charge >= 0.3 is 0 Å². The normalized spacial score (nSPS) is 23.3. The van der Waals surface area contributed by atoms with Gasteiger partial charge in [-0.3, -0.25) is 4.79 Å². The number of aryl methyl sites for hydroxylation is 1. The molecular weight excluding hydrogens is 348 g/mol. The Morgan fingerprint density at radius 2 is 1.85 bits per heavy atom. The summed E-state index contributed by atoms with van der Waals surface area (Å²) in [7, 11) is 3.02. The molecule has 7 nitrogen and oxygen atoms in total. The Balaban J connectivity index is 1.70. The Bertz CT molecular complexity index is 938. The van der Waals surface area contributed by atoms with Gasteiger partial charge in [0.25, 0.3) is 11.5 Å². The lowest BCUT2D eigenvalue weighted by Crippen LogP contribution is -2.51. The lowest BCUT2D eigenvalue weighted by molar-refractivity contribution is -0.156. The number of fused-ring (bicyclic) bond motifs is 1. The zero-order valence-corrected chi connectivity index (χ0v) is 15.3. The summed E-state index contributed by atoms with van der Waals surface area (Å²) in [5, 5.41) is 17.9. The van der Waals surface area contributed by atoms with Gasteiger partial charge in [0.05, 0.1) is 25.6 Å².